The Morgan fingerprint density at radius 2 is 0.434 bits per heavy atom. The van der Waals surface area contributed by atoms with Gasteiger partial charge >= 0.3 is 17.9 Å². The summed E-state index contributed by atoms with van der Waals surface area (Å²) in [5, 5.41) is 0. The summed E-state index contributed by atoms with van der Waals surface area (Å²) >= 11 is 0. The largest absolute Gasteiger partial charge is 0.462 e. The maximum absolute atomic E-state index is 13.0. The van der Waals surface area contributed by atoms with Gasteiger partial charge in [0.2, 0.25) is 0 Å². The van der Waals surface area contributed by atoms with Gasteiger partial charge in [0, 0.05) is 19.3 Å². The lowest BCUT2D eigenvalue weighted by Gasteiger charge is -2.18. The minimum absolute atomic E-state index is 0.100. The Bertz CT molecular complexity index is 1890. The molecule has 83 heavy (non-hydrogen) atoms. The van der Waals surface area contributed by atoms with Crippen LogP contribution in [0.25, 0.3) is 0 Å². The van der Waals surface area contributed by atoms with Gasteiger partial charge in [0.25, 0.3) is 0 Å². The van der Waals surface area contributed by atoms with Gasteiger partial charge in [-0.2, -0.15) is 0 Å². The van der Waals surface area contributed by atoms with E-state index >= 15 is 0 Å². The highest BCUT2D eigenvalue weighted by Gasteiger charge is 2.19. The topological polar surface area (TPSA) is 78.9 Å². The van der Waals surface area contributed by atoms with Crippen molar-refractivity contribution in [2.75, 3.05) is 13.2 Å². The smallest absolute Gasteiger partial charge is 0.306 e. The van der Waals surface area contributed by atoms with E-state index < -0.39 is 6.10 Å². The Morgan fingerprint density at radius 1 is 0.241 bits per heavy atom. The average Bonchev–Trinajstić information content (AvgIpc) is 3.49. The number of allylic oxidation sites excluding steroid dienone is 28. The molecule has 0 saturated carbocycles. The van der Waals surface area contributed by atoms with Crippen molar-refractivity contribution in [1.82, 2.24) is 0 Å². The summed E-state index contributed by atoms with van der Waals surface area (Å²) in [6, 6.07) is 0. The molecular weight excluding hydrogens is 1020 g/mol. The fraction of sp³-hybridized carbons (Fsp3) is 0.597. The maximum Gasteiger partial charge on any atom is 0.306 e. The summed E-state index contributed by atoms with van der Waals surface area (Å²) in [5.41, 5.74) is 0. The molecule has 0 radical (unpaired) electrons. The predicted molar refractivity (Wildman–Crippen MR) is 361 cm³/mol. The molecule has 0 aromatic heterocycles. The van der Waals surface area contributed by atoms with Crippen LogP contribution in [0.15, 0.2) is 170 Å². The van der Waals surface area contributed by atoms with E-state index in [1.165, 1.54) is 51.4 Å². The van der Waals surface area contributed by atoms with Crippen molar-refractivity contribution in [1.29, 1.82) is 0 Å². The van der Waals surface area contributed by atoms with Crippen molar-refractivity contribution in [3.05, 3.63) is 170 Å². The number of carbonyl (C=O) groups is 3. The van der Waals surface area contributed by atoms with E-state index in [4.69, 9.17) is 14.2 Å². The van der Waals surface area contributed by atoms with Gasteiger partial charge in [-0.3, -0.25) is 14.4 Å². The molecule has 0 spiro atoms. The average molecular weight is 1140 g/mol. The molecule has 6 heteroatoms. The van der Waals surface area contributed by atoms with Crippen LogP contribution in [0.4, 0.5) is 0 Å². The lowest BCUT2D eigenvalue weighted by Crippen LogP contribution is -2.30. The van der Waals surface area contributed by atoms with Crippen LogP contribution in [0.3, 0.4) is 0 Å². The Labute approximate surface area is 511 Å². The molecule has 0 aromatic carbocycles. The number of carbonyl (C=O) groups excluding carboxylic acids is 3. The summed E-state index contributed by atoms with van der Waals surface area (Å²) in [7, 11) is 0. The second-order valence-corrected chi connectivity index (χ2v) is 21.6. The highest BCUT2D eigenvalue weighted by Crippen LogP contribution is 2.15. The predicted octanol–water partition coefficient (Wildman–Crippen LogP) is 23.4. The van der Waals surface area contributed by atoms with Crippen molar-refractivity contribution in [2.45, 2.75) is 284 Å². The minimum atomic E-state index is -0.806. The molecular formula is C77H122O6. The van der Waals surface area contributed by atoms with E-state index in [1.54, 1.807) is 0 Å². The summed E-state index contributed by atoms with van der Waals surface area (Å²) in [4.78, 5) is 38.4. The normalized spacial score (nSPS) is 13.2. The first-order valence-corrected chi connectivity index (χ1v) is 33.6. The molecule has 0 aliphatic carbocycles. The van der Waals surface area contributed by atoms with Gasteiger partial charge in [0.1, 0.15) is 13.2 Å². The van der Waals surface area contributed by atoms with Gasteiger partial charge in [-0.1, -0.05) is 281 Å². The first kappa shape index (κ1) is 77.8. The van der Waals surface area contributed by atoms with E-state index in [-0.39, 0.29) is 31.1 Å². The van der Waals surface area contributed by atoms with Crippen LogP contribution in [0.2, 0.25) is 0 Å². The standard InChI is InChI=1S/C77H122O6/c1-4-7-10-13-16-19-22-25-28-30-32-34-36-37-38-39-41-42-44-46-49-52-55-58-61-64-67-70-76(79)82-73-74(72-81-75(78)69-66-63-60-57-54-51-48-27-24-21-18-15-12-9-6-3)83-77(80)71-68-65-62-59-56-53-50-47-45-43-40-35-33-31-29-26-23-20-17-14-11-8-5-2/h7-12,16-21,25-29,32-35,37-38,41-43,45,48,74H,4-6,13-15,22-24,30-31,36,39-40,44,46-47,49-73H2,1-3H3/b10-7-,11-8-,12-9-,19-16-,20-17-,21-18-,28-25-,29-26-,34-32-,35-33-,38-37-,42-41-,45-43-,48-27-. The highest BCUT2D eigenvalue weighted by atomic mass is 16.6. The Kier molecular flexibility index (Phi) is 64.9. The van der Waals surface area contributed by atoms with Crippen molar-refractivity contribution in [3.63, 3.8) is 0 Å². The molecule has 6 nitrogen and oxygen atoms in total. The molecule has 0 aliphatic rings. The van der Waals surface area contributed by atoms with Crippen LogP contribution in [-0.2, 0) is 28.6 Å². The number of unbranched alkanes of at least 4 members (excludes halogenated alkanes) is 20. The zero-order valence-electron chi connectivity index (χ0n) is 53.4. The summed E-state index contributed by atoms with van der Waals surface area (Å²) in [6.45, 7) is 6.27. The van der Waals surface area contributed by atoms with Gasteiger partial charge in [0.05, 0.1) is 0 Å². The lowest BCUT2D eigenvalue weighted by atomic mass is 10.1. The monoisotopic (exact) mass is 1140 g/mol. The summed E-state index contributed by atoms with van der Waals surface area (Å²) < 4.78 is 16.9. The van der Waals surface area contributed by atoms with E-state index in [9.17, 15) is 14.4 Å². The molecule has 0 heterocycles. The molecule has 1 unspecified atom stereocenters. The third-order valence-corrected chi connectivity index (χ3v) is 13.7. The van der Waals surface area contributed by atoms with Gasteiger partial charge in [-0.15, -0.1) is 0 Å². The second kappa shape index (κ2) is 69.3. The van der Waals surface area contributed by atoms with Gasteiger partial charge < -0.3 is 14.2 Å². The minimum Gasteiger partial charge on any atom is -0.462 e. The fourth-order valence-electron chi connectivity index (χ4n) is 8.78. The molecule has 0 saturated heterocycles. The van der Waals surface area contributed by atoms with Crippen molar-refractivity contribution >= 4 is 17.9 Å². The molecule has 0 amide bonds. The van der Waals surface area contributed by atoms with Crippen LogP contribution in [0, 0.1) is 0 Å². The molecule has 0 bridgehead atoms. The quantitative estimate of drug-likeness (QED) is 0.0261. The molecule has 0 rings (SSSR count). The van der Waals surface area contributed by atoms with E-state index in [2.05, 4.69) is 191 Å². The van der Waals surface area contributed by atoms with Crippen LogP contribution in [0.5, 0.6) is 0 Å². The Balaban J connectivity index is 4.44. The lowest BCUT2D eigenvalue weighted by molar-refractivity contribution is -0.167. The zero-order chi connectivity index (χ0) is 59.9. The number of hydrogen-bond acceptors (Lipinski definition) is 6. The SMILES string of the molecule is CC/C=C\C/C=C\C/C=C\C/C=C\C/C=C\C/C=C\CCCCCCCCCCC(=O)OCC(COC(=O)CCCCCCC/C=C\C/C=C\C/C=C\CC)OC(=O)CCCCCCCCC/C=C\C/C=C\C/C=C\C/C=C\C/C=C\CC. The number of esters is 3. The maximum atomic E-state index is 13.0. The Morgan fingerprint density at radius 3 is 0.675 bits per heavy atom. The summed E-state index contributed by atoms with van der Waals surface area (Å²) in [5.74, 6) is -0.937. The third kappa shape index (κ3) is 67.4. The van der Waals surface area contributed by atoms with E-state index in [0.29, 0.717) is 19.3 Å². The van der Waals surface area contributed by atoms with Gasteiger partial charge in [0.15, 0.2) is 6.10 Å². The third-order valence-electron chi connectivity index (χ3n) is 13.7. The summed E-state index contributed by atoms with van der Waals surface area (Å²) in [6.07, 6.45) is 102. The van der Waals surface area contributed by atoms with Crippen molar-refractivity contribution in [3.8, 4) is 0 Å². The van der Waals surface area contributed by atoms with Crippen LogP contribution in [-0.4, -0.2) is 37.2 Å². The Hall–Kier alpha value is -5.23. The van der Waals surface area contributed by atoms with Crippen LogP contribution >= 0.6 is 0 Å². The molecule has 0 aromatic rings. The first-order chi connectivity index (χ1) is 41.0. The van der Waals surface area contributed by atoms with Crippen LogP contribution in [0.1, 0.15) is 278 Å². The molecule has 466 valence electrons. The van der Waals surface area contributed by atoms with Gasteiger partial charge in [-0.05, 0) is 148 Å². The zero-order valence-corrected chi connectivity index (χ0v) is 53.4. The number of ether oxygens (including phenoxy) is 3. The first-order valence-electron chi connectivity index (χ1n) is 33.6. The molecule has 0 aliphatic heterocycles. The second-order valence-electron chi connectivity index (χ2n) is 21.6. The molecule has 0 N–H and O–H groups in total. The highest BCUT2D eigenvalue weighted by molar-refractivity contribution is 5.71. The molecule has 0 fully saturated rings. The van der Waals surface area contributed by atoms with Crippen molar-refractivity contribution < 1.29 is 28.6 Å². The van der Waals surface area contributed by atoms with Crippen LogP contribution < -0.4 is 0 Å². The number of rotatable bonds is 59. The van der Waals surface area contributed by atoms with E-state index in [1.807, 2.05) is 0 Å². The molecule has 1 atom stereocenters. The van der Waals surface area contributed by atoms with E-state index in [0.717, 1.165) is 186 Å². The number of hydrogen-bond donors (Lipinski definition) is 0. The van der Waals surface area contributed by atoms with Crippen molar-refractivity contribution in [2.24, 2.45) is 0 Å². The van der Waals surface area contributed by atoms with Gasteiger partial charge in [-0.25, -0.2) is 0 Å². The fourth-order valence-corrected chi connectivity index (χ4v) is 8.78.